The van der Waals surface area contributed by atoms with Crippen molar-refractivity contribution in [3.05, 3.63) is 35.4 Å². The van der Waals surface area contributed by atoms with Gasteiger partial charge in [-0.3, -0.25) is 0 Å². The van der Waals surface area contributed by atoms with Crippen molar-refractivity contribution in [1.29, 1.82) is 0 Å². The molecule has 2 rings (SSSR count). The lowest BCUT2D eigenvalue weighted by Gasteiger charge is -2.26. The number of carbonyl (C=O) groups excluding carboxylic acids is 1. The zero-order chi connectivity index (χ0) is 15.1. The molecule has 3 nitrogen and oxygen atoms in total. The summed E-state index contributed by atoms with van der Waals surface area (Å²) in [6, 6.07) is 7.63. The quantitative estimate of drug-likeness (QED) is 0.640. The Labute approximate surface area is 128 Å². The minimum atomic E-state index is -0.277. The van der Waals surface area contributed by atoms with E-state index in [0.29, 0.717) is 5.56 Å². The van der Waals surface area contributed by atoms with E-state index < -0.39 is 0 Å². The molecule has 1 saturated carbocycles. The molecule has 0 bridgehead atoms. The second kappa shape index (κ2) is 8.18. The fourth-order valence-electron chi connectivity index (χ4n) is 3.24. The van der Waals surface area contributed by atoms with E-state index in [4.69, 9.17) is 4.74 Å². The highest BCUT2D eigenvalue weighted by Crippen LogP contribution is 2.30. The first-order valence-electron chi connectivity index (χ1n) is 8.07. The van der Waals surface area contributed by atoms with Crippen molar-refractivity contribution in [3.8, 4) is 0 Å². The lowest BCUT2D eigenvalue weighted by Crippen LogP contribution is -2.21. The minimum absolute atomic E-state index is 0.277. The third-order valence-electron chi connectivity index (χ3n) is 4.48. The van der Waals surface area contributed by atoms with Crippen LogP contribution in [0, 0.1) is 11.8 Å². The van der Waals surface area contributed by atoms with E-state index >= 15 is 0 Å². The molecule has 0 heterocycles. The van der Waals surface area contributed by atoms with Gasteiger partial charge in [-0.15, -0.1) is 0 Å². The van der Waals surface area contributed by atoms with Crippen molar-refractivity contribution < 1.29 is 9.53 Å². The summed E-state index contributed by atoms with van der Waals surface area (Å²) in [6.07, 6.45) is 6.90. The molecule has 116 valence electrons. The Kier molecular flexibility index (Phi) is 6.24. The van der Waals surface area contributed by atoms with E-state index in [9.17, 15) is 4.79 Å². The average Bonchev–Trinajstić information content (AvgIpc) is 2.51. The topological polar surface area (TPSA) is 38.3 Å². The number of rotatable bonds is 6. The van der Waals surface area contributed by atoms with E-state index in [1.165, 1.54) is 44.8 Å². The standard InChI is InChI=1S/C18H27NO2/c1-14-4-3-5-15(12-14)10-11-19-13-16-6-8-17(9-7-16)18(20)21-2/h6-9,14-15,19H,3-5,10-13H2,1-2H3. The van der Waals surface area contributed by atoms with Gasteiger partial charge in [0.05, 0.1) is 12.7 Å². The van der Waals surface area contributed by atoms with Crippen LogP contribution < -0.4 is 5.32 Å². The number of hydrogen-bond donors (Lipinski definition) is 1. The van der Waals surface area contributed by atoms with Gasteiger partial charge in [0, 0.05) is 6.54 Å². The van der Waals surface area contributed by atoms with E-state index in [-0.39, 0.29) is 5.97 Å². The summed E-state index contributed by atoms with van der Waals surface area (Å²) in [5.74, 6) is 1.54. The molecule has 2 atom stereocenters. The summed E-state index contributed by atoms with van der Waals surface area (Å²) in [7, 11) is 1.41. The Balaban J connectivity index is 1.67. The Morgan fingerprint density at radius 3 is 2.71 bits per heavy atom. The number of hydrogen-bond acceptors (Lipinski definition) is 3. The van der Waals surface area contributed by atoms with Crippen LogP contribution in [-0.4, -0.2) is 19.6 Å². The van der Waals surface area contributed by atoms with Gasteiger partial charge in [0.2, 0.25) is 0 Å². The number of nitrogens with one attached hydrogen (secondary N) is 1. The average molecular weight is 289 g/mol. The maximum atomic E-state index is 11.3. The zero-order valence-electron chi connectivity index (χ0n) is 13.2. The van der Waals surface area contributed by atoms with Gasteiger partial charge in [-0.1, -0.05) is 38.3 Å². The van der Waals surface area contributed by atoms with Crippen LogP contribution in [-0.2, 0) is 11.3 Å². The number of ether oxygens (including phenoxy) is 1. The van der Waals surface area contributed by atoms with Gasteiger partial charge in [-0.05, 0) is 48.9 Å². The maximum Gasteiger partial charge on any atom is 0.337 e. The Morgan fingerprint density at radius 1 is 1.29 bits per heavy atom. The molecule has 1 aromatic carbocycles. The molecular formula is C18H27NO2. The molecule has 21 heavy (non-hydrogen) atoms. The third kappa shape index (κ3) is 5.16. The van der Waals surface area contributed by atoms with Crippen molar-refractivity contribution in [3.63, 3.8) is 0 Å². The SMILES string of the molecule is COC(=O)c1ccc(CNCCC2CCCC(C)C2)cc1. The molecule has 0 amide bonds. The van der Waals surface area contributed by atoms with Crippen LogP contribution in [0.3, 0.4) is 0 Å². The van der Waals surface area contributed by atoms with Crippen molar-refractivity contribution in [1.82, 2.24) is 5.32 Å². The molecule has 1 N–H and O–H groups in total. The summed E-state index contributed by atoms with van der Waals surface area (Å²) in [5.41, 5.74) is 1.82. The molecule has 0 radical (unpaired) electrons. The molecule has 0 spiro atoms. The van der Waals surface area contributed by atoms with Crippen molar-refractivity contribution in [2.45, 2.75) is 45.6 Å². The Hall–Kier alpha value is -1.35. The number of benzene rings is 1. The van der Waals surface area contributed by atoms with Crippen molar-refractivity contribution >= 4 is 5.97 Å². The van der Waals surface area contributed by atoms with Crippen molar-refractivity contribution in [2.75, 3.05) is 13.7 Å². The molecular weight excluding hydrogens is 262 g/mol. The zero-order valence-corrected chi connectivity index (χ0v) is 13.2. The van der Waals surface area contributed by atoms with Crippen LogP contribution in [0.4, 0.5) is 0 Å². The van der Waals surface area contributed by atoms with Crippen LogP contribution in [0.1, 0.15) is 54.9 Å². The highest BCUT2D eigenvalue weighted by atomic mass is 16.5. The molecule has 1 aliphatic rings. The van der Waals surface area contributed by atoms with Gasteiger partial charge in [0.25, 0.3) is 0 Å². The fourth-order valence-corrected chi connectivity index (χ4v) is 3.24. The highest BCUT2D eigenvalue weighted by molar-refractivity contribution is 5.89. The second-order valence-electron chi connectivity index (χ2n) is 6.29. The van der Waals surface area contributed by atoms with Gasteiger partial charge < -0.3 is 10.1 Å². The summed E-state index contributed by atoms with van der Waals surface area (Å²) < 4.78 is 4.70. The first-order chi connectivity index (χ1) is 10.2. The first kappa shape index (κ1) is 16.0. The Bertz CT molecular complexity index is 441. The van der Waals surface area contributed by atoms with Gasteiger partial charge >= 0.3 is 5.97 Å². The Morgan fingerprint density at radius 2 is 2.05 bits per heavy atom. The largest absolute Gasteiger partial charge is 0.465 e. The molecule has 1 aliphatic carbocycles. The summed E-state index contributed by atoms with van der Waals surface area (Å²) in [5, 5.41) is 3.51. The predicted octanol–water partition coefficient (Wildman–Crippen LogP) is 3.78. The summed E-state index contributed by atoms with van der Waals surface area (Å²) in [6.45, 7) is 4.32. The van der Waals surface area contributed by atoms with Crippen LogP contribution in [0.2, 0.25) is 0 Å². The third-order valence-corrected chi connectivity index (χ3v) is 4.48. The van der Waals surface area contributed by atoms with E-state index in [0.717, 1.165) is 24.9 Å². The fraction of sp³-hybridized carbons (Fsp3) is 0.611. The van der Waals surface area contributed by atoms with E-state index in [2.05, 4.69) is 12.2 Å². The van der Waals surface area contributed by atoms with Gasteiger partial charge in [0.15, 0.2) is 0 Å². The molecule has 1 fully saturated rings. The summed E-state index contributed by atoms with van der Waals surface area (Å²) in [4.78, 5) is 11.3. The molecule has 0 aromatic heterocycles. The van der Waals surface area contributed by atoms with E-state index in [1.54, 1.807) is 0 Å². The smallest absolute Gasteiger partial charge is 0.337 e. The molecule has 0 aliphatic heterocycles. The normalized spacial score (nSPS) is 22.0. The van der Waals surface area contributed by atoms with E-state index in [1.807, 2.05) is 24.3 Å². The number of methoxy groups -OCH3 is 1. The predicted molar refractivity (Wildman–Crippen MR) is 85.2 cm³/mol. The second-order valence-corrected chi connectivity index (χ2v) is 6.29. The maximum absolute atomic E-state index is 11.3. The van der Waals surface area contributed by atoms with Gasteiger partial charge in [-0.25, -0.2) is 4.79 Å². The molecule has 0 saturated heterocycles. The van der Waals surface area contributed by atoms with Crippen LogP contribution in [0.5, 0.6) is 0 Å². The summed E-state index contributed by atoms with van der Waals surface area (Å²) >= 11 is 0. The van der Waals surface area contributed by atoms with Gasteiger partial charge in [-0.2, -0.15) is 0 Å². The molecule has 2 unspecified atom stereocenters. The number of esters is 1. The number of carbonyl (C=O) groups is 1. The van der Waals surface area contributed by atoms with Crippen LogP contribution >= 0.6 is 0 Å². The monoisotopic (exact) mass is 289 g/mol. The highest BCUT2D eigenvalue weighted by Gasteiger charge is 2.18. The van der Waals surface area contributed by atoms with Crippen LogP contribution in [0.15, 0.2) is 24.3 Å². The first-order valence-corrected chi connectivity index (χ1v) is 8.07. The van der Waals surface area contributed by atoms with Crippen molar-refractivity contribution in [2.24, 2.45) is 11.8 Å². The van der Waals surface area contributed by atoms with Crippen LogP contribution in [0.25, 0.3) is 0 Å². The molecule has 1 aromatic rings. The molecule has 3 heteroatoms. The van der Waals surface area contributed by atoms with Gasteiger partial charge in [0.1, 0.15) is 0 Å². The lowest BCUT2D eigenvalue weighted by atomic mass is 9.81. The minimum Gasteiger partial charge on any atom is -0.465 e. The lowest BCUT2D eigenvalue weighted by molar-refractivity contribution is 0.0600.